The second-order valence-corrected chi connectivity index (χ2v) is 7.41. The van der Waals surface area contributed by atoms with E-state index in [4.69, 9.17) is 9.47 Å². The highest BCUT2D eigenvalue weighted by molar-refractivity contribution is 6.52. The van der Waals surface area contributed by atoms with Crippen LogP contribution in [-0.4, -0.2) is 56.2 Å². The first-order chi connectivity index (χ1) is 15.0. The number of aromatic nitrogens is 4. The fourth-order valence-electron chi connectivity index (χ4n) is 3.23. The molecule has 1 aliphatic heterocycles. The van der Waals surface area contributed by atoms with Crippen LogP contribution < -0.4 is 14.4 Å². The number of nitrogens with zero attached hydrogens (tertiary/aromatic N) is 6. The van der Waals surface area contributed by atoms with Crippen molar-refractivity contribution in [1.82, 2.24) is 25.1 Å². The van der Waals surface area contributed by atoms with Crippen molar-refractivity contribution in [3.63, 3.8) is 0 Å². The Morgan fingerprint density at radius 3 is 2.39 bits per heavy atom. The van der Waals surface area contributed by atoms with Crippen molar-refractivity contribution in [2.45, 2.75) is 52.1 Å². The molecule has 1 aromatic heterocycles. The van der Waals surface area contributed by atoms with Gasteiger partial charge in [-0.25, -0.2) is 19.3 Å². The lowest BCUT2D eigenvalue weighted by Crippen LogP contribution is -2.33. The van der Waals surface area contributed by atoms with Gasteiger partial charge in [0.25, 0.3) is 0 Å². The number of hydrogen-bond donors (Lipinski definition) is 0. The van der Waals surface area contributed by atoms with Crippen LogP contribution in [-0.2, 0) is 16.1 Å². The molecule has 2 heterocycles. The molecule has 11 heteroatoms. The maximum Gasteiger partial charge on any atom is 0.339 e. The smallest absolute Gasteiger partial charge is 0.339 e. The van der Waals surface area contributed by atoms with Crippen molar-refractivity contribution >= 4 is 23.5 Å². The summed E-state index contributed by atoms with van der Waals surface area (Å²) in [6.07, 6.45) is 3.48. The summed E-state index contributed by atoms with van der Waals surface area (Å²) in [5.74, 6) is -0.548. The van der Waals surface area contributed by atoms with Gasteiger partial charge in [0.05, 0.1) is 31.5 Å². The number of ether oxygens (including phenoxy) is 2. The molecule has 0 radical (unpaired) electrons. The van der Waals surface area contributed by atoms with Crippen LogP contribution in [0.3, 0.4) is 0 Å². The molecule has 0 unspecified atom stereocenters. The predicted molar refractivity (Wildman–Crippen MR) is 108 cm³/mol. The molecule has 1 saturated heterocycles. The van der Waals surface area contributed by atoms with Crippen LogP contribution in [0.25, 0.3) is 0 Å². The summed E-state index contributed by atoms with van der Waals surface area (Å²) in [5, 5.41) is 11.5. The molecule has 1 saturated carbocycles. The number of amides is 4. The molecule has 31 heavy (non-hydrogen) atoms. The number of rotatable bonds is 10. The average Bonchev–Trinajstić information content (AvgIpc) is 3.47. The summed E-state index contributed by atoms with van der Waals surface area (Å²) >= 11 is 0. The number of hydrogen-bond acceptors (Lipinski definition) is 8. The topological polar surface area (TPSA) is 120 Å². The number of urea groups is 1. The monoisotopic (exact) mass is 428 g/mol. The van der Waals surface area contributed by atoms with Crippen LogP contribution in [0, 0.1) is 0 Å². The van der Waals surface area contributed by atoms with Gasteiger partial charge in [-0.3, -0.25) is 9.59 Å². The van der Waals surface area contributed by atoms with E-state index in [-0.39, 0.29) is 18.3 Å². The second kappa shape index (κ2) is 8.70. The Morgan fingerprint density at radius 2 is 1.71 bits per heavy atom. The van der Waals surface area contributed by atoms with Crippen molar-refractivity contribution in [1.29, 1.82) is 0 Å². The Kier molecular flexibility index (Phi) is 5.83. The largest absolute Gasteiger partial charge is 0.490 e. The molecule has 2 aromatic rings. The van der Waals surface area contributed by atoms with Gasteiger partial charge in [-0.15, -0.1) is 5.10 Å². The Morgan fingerprint density at radius 1 is 1.00 bits per heavy atom. The van der Waals surface area contributed by atoms with E-state index in [1.807, 2.05) is 13.8 Å². The van der Waals surface area contributed by atoms with Crippen LogP contribution >= 0.6 is 0 Å². The van der Waals surface area contributed by atoms with Gasteiger partial charge in [-0.2, -0.15) is 0 Å². The number of benzene rings is 1. The number of imide groups is 2. The molecule has 2 aliphatic rings. The second-order valence-electron chi connectivity index (χ2n) is 7.41. The van der Waals surface area contributed by atoms with Gasteiger partial charge in [0, 0.05) is 6.07 Å². The molecule has 2 fully saturated rings. The number of anilines is 1. The third kappa shape index (κ3) is 4.07. The Labute approximate surface area is 178 Å². The van der Waals surface area contributed by atoms with Gasteiger partial charge >= 0.3 is 17.8 Å². The third-order valence-corrected chi connectivity index (χ3v) is 4.92. The molecule has 0 bridgehead atoms. The van der Waals surface area contributed by atoms with E-state index in [9.17, 15) is 14.4 Å². The van der Waals surface area contributed by atoms with E-state index in [0.29, 0.717) is 30.5 Å². The molecule has 4 amide bonds. The summed E-state index contributed by atoms with van der Waals surface area (Å²) < 4.78 is 13.0. The Bertz CT molecular complexity index is 1000. The lowest BCUT2D eigenvalue weighted by atomic mass is 10.2. The van der Waals surface area contributed by atoms with Crippen molar-refractivity contribution < 1.29 is 23.9 Å². The molecule has 1 aliphatic carbocycles. The molecule has 164 valence electrons. The molecule has 4 rings (SSSR count). The van der Waals surface area contributed by atoms with Gasteiger partial charge in [0.2, 0.25) is 0 Å². The van der Waals surface area contributed by atoms with E-state index in [1.54, 1.807) is 22.9 Å². The molecular formula is C20H24N6O5. The summed E-state index contributed by atoms with van der Waals surface area (Å²) in [6.45, 7) is 4.74. The van der Waals surface area contributed by atoms with E-state index >= 15 is 0 Å². The lowest BCUT2D eigenvalue weighted by Gasteiger charge is -2.18. The van der Waals surface area contributed by atoms with E-state index in [2.05, 4.69) is 15.5 Å². The standard InChI is InChI=1S/C20H24N6O5/c1-3-9-30-15-8-7-14(11-16(15)31-10-4-2)25-19(28)18(27)24(20(25)29)12-17-21-22-23-26(17)13-5-6-13/h7-8,11,13H,3-6,9-10,12H2,1-2H3. The quantitative estimate of drug-likeness (QED) is 0.417. The van der Waals surface area contributed by atoms with Crippen molar-refractivity contribution in [3.05, 3.63) is 24.0 Å². The van der Waals surface area contributed by atoms with Gasteiger partial charge < -0.3 is 9.47 Å². The number of carbonyl (C=O) groups excluding carboxylic acids is 3. The fraction of sp³-hybridized carbons (Fsp3) is 0.500. The number of carbonyl (C=O) groups is 3. The predicted octanol–water partition coefficient (Wildman–Crippen LogP) is 2.08. The molecule has 11 nitrogen and oxygen atoms in total. The van der Waals surface area contributed by atoms with E-state index < -0.39 is 17.8 Å². The maximum atomic E-state index is 13.0. The van der Waals surface area contributed by atoms with Crippen molar-refractivity contribution in [2.75, 3.05) is 18.1 Å². The minimum Gasteiger partial charge on any atom is -0.490 e. The average molecular weight is 428 g/mol. The van der Waals surface area contributed by atoms with Crippen LogP contribution in [0.5, 0.6) is 11.5 Å². The maximum absolute atomic E-state index is 13.0. The van der Waals surface area contributed by atoms with Crippen LogP contribution in [0.1, 0.15) is 51.4 Å². The molecular weight excluding hydrogens is 404 g/mol. The first-order valence-electron chi connectivity index (χ1n) is 10.4. The lowest BCUT2D eigenvalue weighted by molar-refractivity contribution is -0.139. The highest BCUT2D eigenvalue weighted by atomic mass is 16.5. The van der Waals surface area contributed by atoms with Crippen LogP contribution in [0.4, 0.5) is 10.5 Å². The van der Waals surface area contributed by atoms with Crippen LogP contribution in [0.15, 0.2) is 18.2 Å². The summed E-state index contributed by atoms with van der Waals surface area (Å²) in [6, 6.07) is 4.17. The van der Waals surface area contributed by atoms with Gasteiger partial charge in [0.15, 0.2) is 17.3 Å². The zero-order chi connectivity index (χ0) is 22.0. The minimum atomic E-state index is -0.931. The molecule has 0 N–H and O–H groups in total. The van der Waals surface area contributed by atoms with E-state index in [1.165, 1.54) is 0 Å². The summed E-state index contributed by atoms with van der Waals surface area (Å²) in [7, 11) is 0. The Hall–Kier alpha value is -3.50. The minimum absolute atomic E-state index is 0.166. The zero-order valence-electron chi connectivity index (χ0n) is 17.5. The normalized spacial score (nSPS) is 16.4. The molecule has 1 aromatic carbocycles. The van der Waals surface area contributed by atoms with Gasteiger partial charge in [-0.05, 0) is 48.2 Å². The van der Waals surface area contributed by atoms with Crippen molar-refractivity contribution in [2.24, 2.45) is 0 Å². The zero-order valence-corrected chi connectivity index (χ0v) is 17.5. The molecule has 0 atom stereocenters. The highest BCUT2D eigenvalue weighted by Crippen LogP contribution is 2.36. The van der Waals surface area contributed by atoms with Gasteiger partial charge in [0.1, 0.15) is 0 Å². The fourth-order valence-corrected chi connectivity index (χ4v) is 3.23. The first-order valence-corrected chi connectivity index (χ1v) is 10.4. The SMILES string of the molecule is CCCOc1ccc(N2C(=O)C(=O)N(Cc3nnnn3C3CC3)C2=O)cc1OCCC. The summed E-state index contributed by atoms with van der Waals surface area (Å²) in [5.41, 5.74) is 0.239. The third-order valence-electron chi connectivity index (χ3n) is 4.92. The number of tetrazole rings is 1. The van der Waals surface area contributed by atoms with Gasteiger partial charge in [-0.1, -0.05) is 13.8 Å². The first kappa shape index (κ1) is 20.8. The van der Waals surface area contributed by atoms with E-state index in [0.717, 1.165) is 35.5 Å². The highest BCUT2D eigenvalue weighted by Gasteiger charge is 2.46. The van der Waals surface area contributed by atoms with Crippen molar-refractivity contribution in [3.8, 4) is 11.5 Å². The van der Waals surface area contributed by atoms with Crippen LogP contribution in [0.2, 0.25) is 0 Å². The summed E-state index contributed by atoms with van der Waals surface area (Å²) in [4.78, 5) is 39.9. The Balaban J connectivity index is 1.58. The molecule has 0 spiro atoms.